The van der Waals surface area contributed by atoms with E-state index < -0.39 is 0 Å². The Kier molecular flexibility index (Phi) is 5.26. The summed E-state index contributed by atoms with van der Waals surface area (Å²) in [7, 11) is 4.40. The molecule has 0 bridgehead atoms. The Morgan fingerprint density at radius 3 is 2.42 bits per heavy atom. The average molecular weight is 348 g/mol. The molecule has 0 aromatic heterocycles. The number of hydrogen-bond donors (Lipinski definition) is 0. The minimum atomic E-state index is 0.202. The van der Waals surface area contributed by atoms with Crippen molar-refractivity contribution in [1.29, 1.82) is 0 Å². The Hall–Kier alpha value is -0.567. The molecule has 1 aliphatic rings. The van der Waals surface area contributed by atoms with Crippen LogP contribution in [0, 0.1) is 0 Å². The van der Waals surface area contributed by atoms with E-state index in [9.17, 15) is 0 Å². The second-order valence-corrected chi connectivity index (χ2v) is 7.13. The van der Waals surface area contributed by atoms with Gasteiger partial charge in [-0.2, -0.15) is 0 Å². The van der Waals surface area contributed by atoms with E-state index in [4.69, 9.17) is 4.74 Å². The first kappa shape index (κ1) is 14.8. The van der Waals surface area contributed by atoms with Crippen LogP contribution in [-0.2, 0) is 21.7 Å². The quantitative estimate of drug-likeness (QED) is 0.775. The molecule has 2 rings (SSSR count). The number of para-hydroxylation sites is 1. The zero-order valence-electron chi connectivity index (χ0n) is 12.2. The van der Waals surface area contributed by atoms with Gasteiger partial charge in [0.25, 0.3) is 0 Å². The van der Waals surface area contributed by atoms with Crippen molar-refractivity contribution in [3.63, 3.8) is 0 Å². The number of likely N-dealkylation sites (N-methyl/N-ethyl adjacent to an activating group) is 2. The Morgan fingerprint density at radius 2 is 1.79 bits per heavy atom. The second kappa shape index (κ2) is 6.74. The van der Waals surface area contributed by atoms with Crippen LogP contribution >= 0.6 is 0 Å². The maximum atomic E-state index is 5.89. The molecule has 0 spiro atoms. The molecule has 0 N–H and O–H groups in total. The topological polar surface area (TPSA) is 15.7 Å². The van der Waals surface area contributed by atoms with Crippen LogP contribution in [0.15, 0.2) is 24.3 Å². The van der Waals surface area contributed by atoms with E-state index >= 15 is 0 Å². The van der Waals surface area contributed by atoms with E-state index in [1.807, 2.05) is 0 Å². The van der Waals surface area contributed by atoms with Gasteiger partial charge in [0.2, 0.25) is 0 Å². The van der Waals surface area contributed by atoms with Gasteiger partial charge in [-0.25, -0.2) is 0 Å². The molecule has 0 saturated carbocycles. The summed E-state index contributed by atoms with van der Waals surface area (Å²) in [5.41, 5.74) is 1.34. The maximum absolute atomic E-state index is 5.89. The second-order valence-electron chi connectivity index (χ2n) is 5.13. The molecule has 19 heavy (non-hydrogen) atoms. The third kappa shape index (κ3) is 3.95. The van der Waals surface area contributed by atoms with Crippen LogP contribution < -0.4 is 4.74 Å². The molecule has 0 radical (unpaired) electrons. The number of ether oxygens (including phenoxy) is 1. The van der Waals surface area contributed by atoms with Gasteiger partial charge in [-0.3, -0.25) is 0 Å². The SMILES string of the molecule is CC(C)Oc1ccccc1[CH2][Ru]=[C]1N(C)CCN1C. The standard InChI is InChI=1S/C10H13O.C5H10N2.Ru/c1-8(2)11-10-7-5-4-6-9(10)3;1-6-3-4-7(2)5-6;/h4-8H,3H2,1-2H3;3-4H2,1-2H3;. The van der Waals surface area contributed by atoms with Crippen molar-refractivity contribution in [1.82, 2.24) is 9.80 Å². The van der Waals surface area contributed by atoms with Crippen molar-refractivity contribution in [3.8, 4) is 5.75 Å². The van der Waals surface area contributed by atoms with Gasteiger partial charge in [-0.15, -0.1) is 0 Å². The first-order chi connectivity index (χ1) is 9.08. The fourth-order valence-electron chi connectivity index (χ4n) is 2.06. The summed E-state index contributed by atoms with van der Waals surface area (Å²) in [4.78, 5) is 4.79. The molecular formula is C15H23N2ORu. The number of benzene rings is 1. The molecule has 1 aromatic carbocycles. The minimum absolute atomic E-state index is 0.202. The Labute approximate surface area is 123 Å². The van der Waals surface area contributed by atoms with E-state index in [2.05, 4.69) is 62.0 Å². The summed E-state index contributed by atoms with van der Waals surface area (Å²) in [6.07, 6.45) is 0.237. The summed E-state index contributed by atoms with van der Waals surface area (Å²) in [5.74, 6) is 1.05. The van der Waals surface area contributed by atoms with Gasteiger partial charge >= 0.3 is 123 Å². The van der Waals surface area contributed by atoms with Crippen LogP contribution in [0.5, 0.6) is 5.75 Å². The van der Waals surface area contributed by atoms with Gasteiger partial charge < -0.3 is 0 Å². The normalized spacial score (nSPS) is 17.4. The predicted octanol–water partition coefficient (Wildman–Crippen LogP) is 2.02. The van der Waals surface area contributed by atoms with Gasteiger partial charge in [-0.1, -0.05) is 0 Å². The van der Waals surface area contributed by atoms with Crippen molar-refractivity contribution < 1.29 is 21.4 Å². The number of rotatable bonds is 4. The molecule has 4 heteroatoms. The van der Waals surface area contributed by atoms with Crippen LogP contribution in [0.25, 0.3) is 0 Å². The monoisotopic (exact) mass is 349 g/mol. The van der Waals surface area contributed by atoms with E-state index in [1.165, 1.54) is 9.92 Å². The van der Waals surface area contributed by atoms with Gasteiger partial charge in [0.1, 0.15) is 0 Å². The summed E-state index contributed by atoms with van der Waals surface area (Å²) in [5, 5.41) is 1.12. The van der Waals surface area contributed by atoms with Crippen LogP contribution in [-0.4, -0.2) is 47.4 Å². The first-order valence-corrected chi connectivity index (χ1v) is 8.77. The predicted molar refractivity (Wildman–Crippen MR) is 76.2 cm³/mol. The fraction of sp³-hybridized carbons (Fsp3) is 0.533. The van der Waals surface area contributed by atoms with Gasteiger partial charge in [0.15, 0.2) is 0 Å². The van der Waals surface area contributed by atoms with Crippen molar-refractivity contribution in [2.75, 3.05) is 27.2 Å². The summed E-state index contributed by atoms with van der Waals surface area (Å²) < 4.78 is 7.41. The van der Waals surface area contributed by atoms with Crippen LogP contribution in [0.2, 0.25) is 0 Å². The zero-order valence-corrected chi connectivity index (χ0v) is 13.9. The van der Waals surface area contributed by atoms with Crippen molar-refractivity contribution in [3.05, 3.63) is 29.8 Å². The van der Waals surface area contributed by atoms with E-state index in [-0.39, 0.29) is 22.8 Å². The molecule has 0 atom stereocenters. The van der Waals surface area contributed by atoms with Gasteiger partial charge in [0.05, 0.1) is 0 Å². The Morgan fingerprint density at radius 1 is 1.16 bits per heavy atom. The number of hydrogen-bond acceptors (Lipinski definition) is 3. The molecular weight excluding hydrogens is 325 g/mol. The average Bonchev–Trinajstić information content (AvgIpc) is 2.68. The molecule has 1 heterocycles. The number of nitrogens with zero attached hydrogens (tertiary/aromatic N) is 2. The van der Waals surface area contributed by atoms with E-state index in [0.717, 1.165) is 23.9 Å². The third-order valence-corrected chi connectivity index (χ3v) is 5.87. The Bertz CT molecular complexity index is 447. The molecule has 0 aliphatic carbocycles. The van der Waals surface area contributed by atoms with Gasteiger partial charge in [0, 0.05) is 0 Å². The first-order valence-electron chi connectivity index (χ1n) is 6.68. The van der Waals surface area contributed by atoms with Gasteiger partial charge in [-0.05, 0) is 0 Å². The van der Waals surface area contributed by atoms with E-state index in [0.29, 0.717) is 0 Å². The van der Waals surface area contributed by atoms with Crippen molar-refractivity contribution >= 4 is 4.35 Å². The molecule has 107 valence electrons. The fourth-order valence-corrected chi connectivity index (χ4v) is 4.50. The summed E-state index contributed by atoms with van der Waals surface area (Å²) in [6.45, 7) is 6.48. The third-order valence-electron chi connectivity index (χ3n) is 3.03. The molecule has 0 unspecified atom stereocenters. The zero-order chi connectivity index (χ0) is 13.8. The Balaban J connectivity index is 2.13. The molecule has 0 amide bonds. The molecule has 1 saturated heterocycles. The molecule has 1 aromatic rings. The van der Waals surface area contributed by atoms with Crippen LogP contribution in [0.4, 0.5) is 0 Å². The van der Waals surface area contributed by atoms with Crippen LogP contribution in [0.1, 0.15) is 19.4 Å². The van der Waals surface area contributed by atoms with Crippen molar-refractivity contribution in [2.24, 2.45) is 0 Å². The molecule has 1 fully saturated rings. The van der Waals surface area contributed by atoms with E-state index in [1.54, 1.807) is 0 Å². The molecule has 3 nitrogen and oxygen atoms in total. The summed E-state index contributed by atoms with van der Waals surface area (Å²) in [6, 6.07) is 8.44. The molecule has 1 aliphatic heterocycles. The van der Waals surface area contributed by atoms with Crippen molar-refractivity contribution in [2.45, 2.75) is 25.0 Å². The summed E-state index contributed by atoms with van der Waals surface area (Å²) >= 11 is 0.202. The van der Waals surface area contributed by atoms with Crippen LogP contribution in [0.3, 0.4) is 0 Å².